The number of nitrogens with one attached hydrogen (secondary N) is 2. The zero-order chi connectivity index (χ0) is 17.2. The second-order valence-corrected chi connectivity index (χ2v) is 5.92. The molecule has 1 aromatic heterocycles. The Bertz CT molecular complexity index is 927. The molecule has 6 heteroatoms. The molecular weight excluding hydrogens is 316 g/mol. The number of nitrogens with zero attached hydrogens (tertiary/aromatic N) is 2. The van der Waals surface area contributed by atoms with E-state index in [0.717, 1.165) is 34.3 Å². The lowest BCUT2D eigenvalue weighted by Gasteiger charge is -2.11. The predicted molar refractivity (Wildman–Crippen MR) is 97.1 cm³/mol. The van der Waals surface area contributed by atoms with E-state index < -0.39 is 0 Å². The van der Waals surface area contributed by atoms with Crippen LogP contribution in [-0.4, -0.2) is 16.8 Å². The molecule has 0 saturated carbocycles. The van der Waals surface area contributed by atoms with Crippen LogP contribution in [0, 0.1) is 13.8 Å². The summed E-state index contributed by atoms with van der Waals surface area (Å²) in [4.78, 5) is 8.57. The van der Waals surface area contributed by atoms with E-state index in [1.165, 1.54) is 11.9 Å². The molecule has 2 heterocycles. The molecule has 0 spiro atoms. The van der Waals surface area contributed by atoms with E-state index in [1.54, 1.807) is 0 Å². The summed E-state index contributed by atoms with van der Waals surface area (Å²) in [5.41, 5.74) is 4.27. The predicted octanol–water partition coefficient (Wildman–Crippen LogP) is 4.31. The average Bonchev–Trinajstić information content (AvgIpc) is 3.06. The molecule has 0 radical (unpaired) electrons. The average molecular weight is 334 g/mol. The van der Waals surface area contributed by atoms with Gasteiger partial charge in [0.2, 0.25) is 6.79 Å². The Labute approximate surface area is 145 Å². The number of aromatic nitrogens is 2. The Hall–Kier alpha value is -3.28. The molecule has 1 aliphatic rings. The van der Waals surface area contributed by atoms with Crippen LogP contribution in [0.4, 0.5) is 23.0 Å². The van der Waals surface area contributed by atoms with Gasteiger partial charge < -0.3 is 20.1 Å². The fourth-order valence-corrected chi connectivity index (χ4v) is 2.62. The molecule has 2 aromatic carbocycles. The Morgan fingerprint density at radius 3 is 2.52 bits per heavy atom. The first-order valence-electron chi connectivity index (χ1n) is 8.00. The summed E-state index contributed by atoms with van der Waals surface area (Å²) in [6.07, 6.45) is 1.53. The summed E-state index contributed by atoms with van der Waals surface area (Å²) >= 11 is 0. The standard InChI is InChI=1S/C19H18N4O2/c1-12-3-4-13(2)15(7-12)23-19-9-18(20-10-21-19)22-14-5-6-16-17(8-14)25-11-24-16/h3-10H,11H2,1-2H3,(H2,20,21,22,23). The molecule has 0 fully saturated rings. The molecule has 126 valence electrons. The van der Waals surface area contributed by atoms with Gasteiger partial charge in [0.05, 0.1) is 0 Å². The van der Waals surface area contributed by atoms with Crippen molar-refractivity contribution in [3.8, 4) is 11.5 Å². The minimum Gasteiger partial charge on any atom is -0.454 e. The van der Waals surface area contributed by atoms with Gasteiger partial charge in [-0.05, 0) is 43.2 Å². The molecule has 4 rings (SSSR count). The van der Waals surface area contributed by atoms with Crippen molar-refractivity contribution >= 4 is 23.0 Å². The van der Waals surface area contributed by atoms with Crippen LogP contribution in [0.25, 0.3) is 0 Å². The number of fused-ring (bicyclic) bond motifs is 1. The summed E-state index contributed by atoms with van der Waals surface area (Å²) in [7, 11) is 0. The Kier molecular flexibility index (Phi) is 3.85. The van der Waals surface area contributed by atoms with Gasteiger partial charge in [-0.3, -0.25) is 0 Å². The quantitative estimate of drug-likeness (QED) is 0.741. The normalized spacial score (nSPS) is 12.1. The highest BCUT2D eigenvalue weighted by molar-refractivity contribution is 5.66. The van der Waals surface area contributed by atoms with Crippen LogP contribution in [0.1, 0.15) is 11.1 Å². The van der Waals surface area contributed by atoms with Crippen LogP contribution in [-0.2, 0) is 0 Å². The third-order valence-electron chi connectivity index (χ3n) is 3.97. The third-order valence-corrected chi connectivity index (χ3v) is 3.97. The van der Waals surface area contributed by atoms with E-state index in [1.807, 2.05) is 24.3 Å². The van der Waals surface area contributed by atoms with Crippen molar-refractivity contribution < 1.29 is 9.47 Å². The zero-order valence-corrected chi connectivity index (χ0v) is 14.0. The molecule has 2 N–H and O–H groups in total. The second kappa shape index (κ2) is 6.32. The van der Waals surface area contributed by atoms with E-state index in [9.17, 15) is 0 Å². The number of benzene rings is 2. The van der Waals surface area contributed by atoms with Crippen LogP contribution in [0.5, 0.6) is 11.5 Å². The van der Waals surface area contributed by atoms with Crippen LogP contribution in [0.15, 0.2) is 48.8 Å². The molecule has 6 nitrogen and oxygen atoms in total. The van der Waals surface area contributed by atoms with Gasteiger partial charge in [0.25, 0.3) is 0 Å². The number of rotatable bonds is 4. The zero-order valence-electron chi connectivity index (χ0n) is 14.0. The molecule has 0 bridgehead atoms. The largest absolute Gasteiger partial charge is 0.454 e. The fourth-order valence-electron chi connectivity index (χ4n) is 2.62. The SMILES string of the molecule is Cc1ccc(C)c(Nc2cc(Nc3ccc4c(c3)OCO4)ncn2)c1. The summed E-state index contributed by atoms with van der Waals surface area (Å²) in [5, 5.41) is 6.60. The van der Waals surface area contributed by atoms with Gasteiger partial charge in [0, 0.05) is 23.5 Å². The first-order chi connectivity index (χ1) is 12.2. The van der Waals surface area contributed by atoms with Crippen LogP contribution < -0.4 is 20.1 Å². The minimum atomic E-state index is 0.260. The summed E-state index contributed by atoms with van der Waals surface area (Å²) < 4.78 is 10.7. The van der Waals surface area contributed by atoms with Crippen molar-refractivity contribution in [2.45, 2.75) is 13.8 Å². The lowest BCUT2D eigenvalue weighted by Crippen LogP contribution is -1.99. The number of ether oxygens (including phenoxy) is 2. The Morgan fingerprint density at radius 2 is 1.64 bits per heavy atom. The molecule has 0 amide bonds. The van der Waals surface area contributed by atoms with Gasteiger partial charge in [-0.2, -0.15) is 0 Å². The van der Waals surface area contributed by atoms with Gasteiger partial charge in [-0.15, -0.1) is 0 Å². The molecule has 0 aliphatic carbocycles. The van der Waals surface area contributed by atoms with Crippen LogP contribution in [0.2, 0.25) is 0 Å². The Balaban J connectivity index is 1.54. The van der Waals surface area contributed by atoms with E-state index in [-0.39, 0.29) is 6.79 Å². The summed E-state index contributed by atoms with van der Waals surface area (Å²) in [5.74, 6) is 2.91. The van der Waals surface area contributed by atoms with Crippen molar-refractivity contribution in [2.75, 3.05) is 17.4 Å². The smallest absolute Gasteiger partial charge is 0.231 e. The first kappa shape index (κ1) is 15.3. The molecule has 3 aromatic rings. The van der Waals surface area contributed by atoms with Gasteiger partial charge >= 0.3 is 0 Å². The van der Waals surface area contributed by atoms with Gasteiger partial charge in [-0.1, -0.05) is 12.1 Å². The van der Waals surface area contributed by atoms with Crippen molar-refractivity contribution in [1.82, 2.24) is 9.97 Å². The minimum absolute atomic E-state index is 0.260. The maximum absolute atomic E-state index is 5.40. The van der Waals surface area contributed by atoms with E-state index in [4.69, 9.17) is 9.47 Å². The number of anilines is 4. The van der Waals surface area contributed by atoms with Crippen LogP contribution in [0.3, 0.4) is 0 Å². The monoisotopic (exact) mass is 334 g/mol. The summed E-state index contributed by atoms with van der Waals surface area (Å²) in [6, 6.07) is 13.8. The van der Waals surface area contributed by atoms with Crippen molar-refractivity contribution in [1.29, 1.82) is 0 Å². The molecule has 0 unspecified atom stereocenters. The van der Waals surface area contributed by atoms with E-state index in [0.29, 0.717) is 5.82 Å². The highest BCUT2D eigenvalue weighted by atomic mass is 16.7. The topological polar surface area (TPSA) is 68.3 Å². The molecule has 0 saturated heterocycles. The number of hydrogen-bond donors (Lipinski definition) is 2. The highest BCUT2D eigenvalue weighted by Gasteiger charge is 2.13. The molecule has 25 heavy (non-hydrogen) atoms. The lowest BCUT2D eigenvalue weighted by molar-refractivity contribution is 0.174. The van der Waals surface area contributed by atoms with Crippen molar-refractivity contribution in [3.05, 3.63) is 59.9 Å². The lowest BCUT2D eigenvalue weighted by atomic mass is 10.1. The Morgan fingerprint density at radius 1 is 0.840 bits per heavy atom. The molecular formula is C19H18N4O2. The third kappa shape index (κ3) is 3.33. The van der Waals surface area contributed by atoms with Gasteiger partial charge in [0.15, 0.2) is 11.5 Å². The van der Waals surface area contributed by atoms with Gasteiger partial charge in [0.1, 0.15) is 18.0 Å². The first-order valence-corrected chi connectivity index (χ1v) is 8.00. The van der Waals surface area contributed by atoms with Crippen molar-refractivity contribution in [3.63, 3.8) is 0 Å². The highest BCUT2D eigenvalue weighted by Crippen LogP contribution is 2.35. The molecule has 0 atom stereocenters. The van der Waals surface area contributed by atoms with Gasteiger partial charge in [-0.25, -0.2) is 9.97 Å². The van der Waals surface area contributed by atoms with Crippen LogP contribution >= 0.6 is 0 Å². The van der Waals surface area contributed by atoms with E-state index in [2.05, 4.69) is 52.6 Å². The maximum Gasteiger partial charge on any atom is 0.231 e. The molecule has 1 aliphatic heterocycles. The number of aryl methyl sites for hydroxylation is 2. The maximum atomic E-state index is 5.40. The van der Waals surface area contributed by atoms with E-state index >= 15 is 0 Å². The van der Waals surface area contributed by atoms with Crippen molar-refractivity contribution in [2.24, 2.45) is 0 Å². The second-order valence-electron chi connectivity index (χ2n) is 5.92. The summed E-state index contributed by atoms with van der Waals surface area (Å²) in [6.45, 7) is 4.39. The number of hydrogen-bond acceptors (Lipinski definition) is 6. The fraction of sp³-hybridized carbons (Fsp3) is 0.158.